The third kappa shape index (κ3) is 5.73. The maximum atomic E-state index is 11.0. The van der Waals surface area contributed by atoms with E-state index in [-0.39, 0.29) is 115 Å². The van der Waals surface area contributed by atoms with E-state index in [0.717, 1.165) is 0 Å². The van der Waals surface area contributed by atoms with Crippen LogP contribution in [0.3, 0.4) is 0 Å². The normalized spacial score (nSPS) is 11.2. The fourth-order valence-electron chi connectivity index (χ4n) is 0.893. The SMILES string of the molecule is O=S(=O)(O)c1cc([O-])c([O-])c(S(=O)(=O)O)c1.[K+].[K+]. The van der Waals surface area contributed by atoms with Crippen molar-refractivity contribution in [3.05, 3.63) is 12.1 Å². The Bertz CT molecular complexity index is 636. The van der Waals surface area contributed by atoms with Gasteiger partial charge in [0.2, 0.25) is 0 Å². The fraction of sp³-hybridized carbons (Fsp3) is 0. The smallest absolute Gasteiger partial charge is 0.873 e. The van der Waals surface area contributed by atoms with Crippen molar-refractivity contribution in [2.45, 2.75) is 9.79 Å². The number of benzene rings is 1. The molecule has 1 aromatic rings. The summed E-state index contributed by atoms with van der Waals surface area (Å²) in [5.41, 5.74) is 0. The zero-order chi connectivity index (χ0) is 12.7. The second-order valence-corrected chi connectivity index (χ2v) is 5.51. The van der Waals surface area contributed by atoms with E-state index in [1.165, 1.54) is 0 Å². The number of hydrogen-bond donors (Lipinski definition) is 2. The third-order valence-electron chi connectivity index (χ3n) is 1.57. The summed E-state index contributed by atoms with van der Waals surface area (Å²) in [6.45, 7) is 0. The molecule has 8 nitrogen and oxygen atoms in total. The molecule has 12 heteroatoms. The first-order valence-electron chi connectivity index (χ1n) is 3.50. The largest absolute Gasteiger partial charge is 1.00 e. The van der Waals surface area contributed by atoms with E-state index < -0.39 is 41.5 Å². The van der Waals surface area contributed by atoms with Crippen molar-refractivity contribution in [1.82, 2.24) is 0 Å². The minimum absolute atomic E-state index is 0. The quantitative estimate of drug-likeness (QED) is 0.395. The van der Waals surface area contributed by atoms with Crippen LogP contribution in [0.2, 0.25) is 0 Å². The topological polar surface area (TPSA) is 155 Å². The summed E-state index contributed by atoms with van der Waals surface area (Å²) in [5.74, 6) is -3.04. The van der Waals surface area contributed by atoms with Gasteiger partial charge in [0, 0.05) is 0 Å². The minimum Gasteiger partial charge on any atom is -0.873 e. The zero-order valence-corrected chi connectivity index (χ0v) is 17.2. The van der Waals surface area contributed by atoms with Gasteiger partial charge >= 0.3 is 103 Å². The molecule has 2 N–H and O–H groups in total. The molecule has 0 spiro atoms. The Morgan fingerprint density at radius 1 is 0.889 bits per heavy atom. The van der Waals surface area contributed by atoms with Gasteiger partial charge in [-0.3, -0.25) is 9.11 Å². The van der Waals surface area contributed by atoms with E-state index >= 15 is 0 Å². The Kier molecular flexibility index (Phi) is 9.61. The first-order valence-corrected chi connectivity index (χ1v) is 6.38. The molecule has 0 heterocycles. The molecule has 0 bridgehead atoms. The molecule has 0 aliphatic rings. The van der Waals surface area contributed by atoms with Crippen molar-refractivity contribution in [1.29, 1.82) is 0 Å². The van der Waals surface area contributed by atoms with Gasteiger partial charge in [-0.2, -0.15) is 16.8 Å². The average Bonchev–Trinajstić information content (AvgIpc) is 2.05. The average molecular weight is 346 g/mol. The molecule has 1 rings (SSSR count). The third-order valence-corrected chi connectivity index (χ3v) is 3.26. The van der Waals surface area contributed by atoms with Crippen molar-refractivity contribution in [3.8, 4) is 11.5 Å². The maximum absolute atomic E-state index is 11.0. The molecule has 0 saturated heterocycles. The fourth-order valence-corrected chi connectivity index (χ4v) is 2.10. The van der Waals surface area contributed by atoms with Crippen LogP contribution in [-0.2, 0) is 20.2 Å². The molecule has 0 aliphatic carbocycles. The van der Waals surface area contributed by atoms with E-state index in [9.17, 15) is 27.0 Å². The van der Waals surface area contributed by atoms with Crippen LogP contribution in [0.4, 0.5) is 0 Å². The Morgan fingerprint density at radius 2 is 1.33 bits per heavy atom. The van der Waals surface area contributed by atoms with E-state index in [1.54, 1.807) is 0 Å². The van der Waals surface area contributed by atoms with Crippen molar-refractivity contribution in [3.63, 3.8) is 0 Å². The Morgan fingerprint density at radius 3 is 1.67 bits per heavy atom. The molecule has 0 aliphatic heterocycles. The van der Waals surface area contributed by atoms with Crippen molar-refractivity contribution in [2.24, 2.45) is 0 Å². The van der Waals surface area contributed by atoms with Gasteiger partial charge in [0.1, 0.15) is 0 Å². The van der Waals surface area contributed by atoms with E-state index in [4.69, 9.17) is 9.11 Å². The van der Waals surface area contributed by atoms with Crippen molar-refractivity contribution in [2.75, 3.05) is 0 Å². The summed E-state index contributed by atoms with van der Waals surface area (Å²) < 4.78 is 59.6. The molecule has 18 heavy (non-hydrogen) atoms. The van der Waals surface area contributed by atoms with E-state index in [0.29, 0.717) is 0 Å². The van der Waals surface area contributed by atoms with Crippen LogP contribution in [0.1, 0.15) is 0 Å². The Balaban J connectivity index is 0. The summed E-state index contributed by atoms with van der Waals surface area (Å²) in [6.07, 6.45) is 0. The molecule has 0 fully saturated rings. The first kappa shape index (κ1) is 22.2. The van der Waals surface area contributed by atoms with Gasteiger partial charge in [0.25, 0.3) is 20.2 Å². The van der Waals surface area contributed by atoms with Gasteiger partial charge in [-0.25, -0.2) is 0 Å². The molecule has 0 atom stereocenters. The summed E-state index contributed by atoms with van der Waals surface area (Å²) in [7, 11) is -9.87. The summed E-state index contributed by atoms with van der Waals surface area (Å²) in [5, 5.41) is 21.9. The predicted molar refractivity (Wildman–Crippen MR) is 45.0 cm³/mol. The van der Waals surface area contributed by atoms with Gasteiger partial charge < -0.3 is 10.2 Å². The van der Waals surface area contributed by atoms with Crippen LogP contribution in [0.5, 0.6) is 11.5 Å². The molecular formula is C6H4K2O8S2. The van der Waals surface area contributed by atoms with Crippen LogP contribution in [0, 0.1) is 0 Å². The molecule has 0 unspecified atom stereocenters. The number of rotatable bonds is 2. The van der Waals surface area contributed by atoms with Gasteiger partial charge in [-0.1, -0.05) is 5.75 Å². The molecule has 0 amide bonds. The summed E-state index contributed by atoms with van der Waals surface area (Å²) in [4.78, 5) is -2.47. The van der Waals surface area contributed by atoms with Crippen LogP contribution in [0.25, 0.3) is 0 Å². The van der Waals surface area contributed by atoms with Crippen LogP contribution < -0.4 is 113 Å². The molecule has 0 saturated carbocycles. The van der Waals surface area contributed by atoms with Crippen LogP contribution >= 0.6 is 0 Å². The second kappa shape index (κ2) is 7.79. The number of hydrogen-bond acceptors (Lipinski definition) is 6. The summed E-state index contributed by atoms with van der Waals surface area (Å²) in [6, 6.07) is 0.459. The Labute approximate surface area is 188 Å². The first-order chi connectivity index (χ1) is 7.03. The maximum Gasteiger partial charge on any atom is 1.00 e. The molecular weight excluding hydrogens is 342 g/mol. The van der Waals surface area contributed by atoms with Crippen LogP contribution in [-0.4, -0.2) is 25.9 Å². The van der Waals surface area contributed by atoms with Gasteiger partial charge in [0.05, 0.1) is 9.79 Å². The standard InChI is InChI=1S/C6H6O8S2.2K/c7-4-1-3(15(9,10)11)2-5(6(4)8)16(12,13)14;;/h1-2,7-8H,(H,9,10,11)(H,12,13,14);;/q;2*+1/p-2. The summed E-state index contributed by atoms with van der Waals surface area (Å²) >= 11 is 0. The van der Waals surface area contributed by atoms with Crippen molar-refractivity contribution < 1.29 is 139 Å². The zero-order valence-electron chi connectivity index (χ0n) is 9.32. The second-order valence-electron chi connectivity index (χ2n) is 2.70. The minimum atomic E-state index is -5.03. The molecule has 0 radical (unpaired) electrons. The Hall–Kier alpha value is 1.91. The van der Waals surface area contributed by atoms with Crippen LogP contribution in [0.15, 0.2) is 21.9 Å². The van der Waals surface area contributed by atoms with Crippen molar-refractivity contribution >= 4 is 20.2 Å². The molecule has 90 valence electrons. The van der Waals surface area contributed by atoms with Gasteiger partial charge in [-0.15, -0.1) is 5.75 Å². The van der Waals surface area contributed by atoms with Gasteiger partial charge in [0.15, 0.2) is 0 Å². The molecule has 1 aromatic carbocycles. The predicted octanol–water partition coefficient (Wildman–Crippen LogP) is -7.66. The van der Waals surface area contributed by atoms with E-state index in [1.807, 2.05) is 0 Å². The monoisotopic (exact) mass is 346 g/mol. The van der Waals surface area contributed by atoms with E-state index in [2.05, 4.69) is 0 Å². The molecule has 0 aromatic heterocycles. The van der Waals surface area contributed by atoms with Gasteiger partial charge in [-0.05, 0) is 12.1 Å².